The van der Waals surface area contributed by atoms with Crippen LogP contribution in [0.15, 0.2) is 47.5 Å². The molecule has 1 fully saturated rings. The van der Waals surface area contributed by atoms with Crippen LogP contribution in [0.25, 0.3) is 0 Å². The Morgan fingerprint density at radius 2 is 1.93 bits per heavy atom. The van der Waals surface area contributed by atoms with Crippen molar-refractivity contribution in [1.82, 2.24) is 9.88 Å². The number of carbonyl (C=O) groups is 2. The number of anilines is 1. The number of carbonyl (C=O) groups excluding carboxylic acids is 2. The minimum atomic E-state index is -0.285. The molecular formula is C20H22FN3O2S. The largest absolute Gasteiger partial charge is 0.342 e. The van der Waals surface area contributed by atoms with Gasteiger partial charge in [0.05, 0.1) is 5.75 Å². The second-order valence-corrected chi connectivity index (χ2v) is 7.65. The van der Waals surface area contributed by atoms with E-state index in [0.29, 0.717) is 37.5 Å². The number of hydrogen-bond donors (Lipinski definition) is 1. The monoisotopic (exact) mass is 387 g/mol. The van der Waals surface area contributed by atoms with Gasteiger partial charge in [-0.2, -0.15) is 0 Å². The molecule has 0 bridgehead atoms. The summed E-state index contributed by atoms with van der Waals surface area (Å²) in [6.45, 7) is 3.09. The Bertz CT molecular complexity index is 805. The first kappa shape index (κ1) is 19.4. The maximum absolute atomic E-state index is 12.9. The normalized spacial score (nSPS) is 14.8. The first-order valence-electron chi connectivity index (χ1n) is 8.91. The van der Waals surface area contributed by atoms with Gasteiger partial charge in [0.25, 0.3) is 0 Å². The number of nitrogens with one attached hydrogen (secondary N) is 1. The molecule has 2 amide bonds. The summed E-state index contributed by atoms with van der Waals surface area (Å²) in [6.07, 6.45) is 2.96. The van der Waals surface area contributed by atoms with Crippen molar-refractivity contribution in [2.45, 2.75) is 24.7 Å². The third-order valence-corrected chi connectivity index (χ3v) is 5.56. The summed E-state index contributed by atoms with van der Waals surface area (Å²) in [5.41, 5.74) is 1.04. The zero-order valence-corrected chi connectivity index (χ0v) is 16.0. The van der Waals surface area contributed by atoms with E-state index < -0.39 is 0 Å². The van der Waals surface area contributed by atoms with E-state index in [1.165, 1.54) is 23.9 Å². The maximum Gasteiger partial charge on any atom is 0.232 e. The lowest BCUT2D eigenvalue weighted by Crippen LogP contribution is -2.42. The molecule has 1 saturated heterocycles. The predicted molar refractivity (Wildman–Crippen MR) is 104 cm³/mol. The van der Waals surface area contributed by atoms with Gasteiger partial charge in [0.1, 0.15) is 11.6 Å². The molecule has 1 aliphatic heterocycles. The lowest BCUT2D eigenvalue weighted by atomic mass is 9.96. The first-order chi connectivity index (χ1) is 13.0. The van der Waals surface area contributed by atoms with E-state index in [4.69, 9.17) is 0 Å². The Hall–Kier alpha value is -2.41. The van der Waals surface area contributed by atoms with Crippen LogP contribution in [0, 0.1) is 18.7 Å². The molecule has 0 radical (unpaired) electrons. The van der Waals surface area contributed by atoms with Crippen molar-refractivity contribution in [3.63, 3.8) is 0 Å². The van der Waals surface area contributed by atoms with E-state index in [-0.39, 0.29) is 23.5 Å². The molecule has 0 spiro atoms. The molecule has 142 valence electrons. The summed E-state index contributed by atoms with van der Waals surface area (Å²) < 4.78 is 12.9. The van der Waals surface area contributed by atoms with E-state index in [9.17, 15) is 14.0 Å². The van der Waals surface area contributed by atoms with Gasteiger partial charge in [0, 0.05) is 30.1 Å². The highest BCUT2D eigenvalue weighted by Gasteiger charge is 2.27. The van der Waals surface area contributed by atoms with Gasteiger partial charge in [0.2, 0.25) is 11.8 Å². The predicted octanol–water partition coefficient (Wildman–Crippen LogP) is 3.50. The van der Waals surface area contributed by atoms with Crippen molar-refractivity contribution in [3.05, 3.63) is 54.0 Å². The van der Waals surface area contributed by atoms with Crippen molar-refractivity contribution in [2.24, 2.45) is 5.92 Å². The van der Waals surface area contributed by atoms with Crippen LogP contribution in [0.5, 0.6) is 0 Å². The number of rotatable bonds is 5. The number of hydrogen-bond acceptors (Lipinski definition) is 4. The molecule has 7 heteroatoms. The van der Waals surface area contributed by atoms with Crippen LogP contribution >= 0.6 is 11.8 Å². The highest BCUT2D eigenvalue weighted by Crippen LogP contribution is 2.22. The van der Waals surface area contributed by atoms with Crippen molar-refractivity contribution in [3.8, 4) is 0 Å². The minimum Gasteiger partial charge on any atom is -0.342 e. The summed E-state index contributed by atoms with van der Waals surface area (Å²) in [5.74, 6) is 0.488. The summed E-state index contributed by atoms with van der Waals surface area (Å²) >= 11 is 1.40. The molecule has 1 aliphatic rings. The zero-order valence-electron chi connectivity index (χ0n) is 15.2. The molecular weight excluding hydrogens is 365 g/mol. The Labute approximate surface area is 162 Å². The van der Waals surface area contributed by atoms with Crippen LogP contribution in [0.4, 0.5) is 10.2 Å². The van der Waals surface area contributed by atoms with E-state index >= 15 is 0 Å². The molecule has 0 atom stereocenters. The SMILES string of the molecule is Cc1ccnc(NC(=O)C2CCN(C(=O)CSc3ccc(F)cc3)CC2)c1. The molecule has 5 nitrogen and oxygen atoms in total. The number of piperidine rings is 1. The van der Waals surface area contributed by atoms with Crippen molar-refractivity contribution in [2.75, 3.05) is 24.2 Å². The molecule has 0 aliphatic carbocycles. The molecule has 0 unspecified atom stereocenters. The standard InChI is InChI=1S/C20H22FN3O2S/c1-14-6-9-22-18(12-14)23-20(26)15-7-10-24(11-8-15)19(25)13-27-17-4-2-16(21)3-5-17/h2-6,9,12,15H,7-8,10-11,13H2,1H3,(H,22,23,26). The Morgan fingerprint density at radius 3 is 2.59 bits per heavy atom. The summed E-state index contributed by atoms with van der Waals surface area (Å²) in [6, 6.07) is 9.83. The van der Waals surface area contributed by atoms with Gasteiger partial charge in [-0.05, 0) is 61.7 Å². The zero-order chi connectivity index (χ0) is 19.2. The average Bonchev–Trinajstić information content (AvgIpc) is 2.67. The third kappa shape index (κ3) is 5.53. The Morgan fingerprint density at radius 1 is 1.22 bits per heavy atom. The third-order valence-electron chi connectivity index (χ3n) is 4.56. The fourth-order valence-electron chi connectivity index (χ4n) is 2.99. The number of thioether (sulfide) groups is 1. The van der Waals surface area contributed by atoms with Crippen LogP contribution in [0.1, 0.15) is 18.4 Å². The number of amides is 2. The van der Waals surface area contributed by atoms with Crippen LogP contribution in [0.2, 0.25) is 0 Å². The summed E-state index contributed by atoms with van der Waals surface area (Å²) in [7, 11) is 0. The quantitative estimate of drug-likeness (QED) is 0.798. The highest BCUT2D eigenvalue weighted by molar-refractivity contribution is 8.00. The van der Waals surface area contributed by atoms with Crippen LogP contribution in [-0.4, -0.2) is 40.5 Å². The summed E-state index contributed by atoms with van der Waals surface area (Å²) in [4.78, 5) is 31.6. The van der Waals surface area contributed by atoms with Gasteiger partial charge >= 0.3 is 0 Å². The second-order valence-electron chi connectivity index (χ2n) is 6.61. The topological polar surface area (TPSA) is 62.3 Å². The number of benzene rings is 1. The van der Waals surface area contributed by atoms with E-state index in [0.717, 1.165) is 10.5 Å². The number of aryl methyl sites for hydroxylation is 1. The molecule has 1 N–H and O–H groups in total. The van der Waals surface area contributed by atoms with Gasteiger partial charge in [-0.15, -0.1) is 11.8 Å². The molecule has 0 saturated carbocycles. The second kappa shape index (κ2) is 8.99. The van der Waals surface area contributed by atoms with E-state index in [1.807, 2.05) is 19.1 Å². The van der Waals surface area contributed by atoms with Crippen LogP contribution < -0.4 is 5.32 Å². The fourth-order valence-corrected chi connectivity index (χ4v) is 3.79. The van der Waals surface area contributed by atoms with Crippen molar-refractivity contribution >= 4 is 29.4 Å². The van der Waals surface area contributed by atoms with Crippen LogP contribution in [-0.2, 0) is 9.59 Å². The average molecular weight is 387 g/mol. The molecule has 27 heavy (non-hydrogen) atoms. The minimum absolute atomic E-state index is 0.0408. The lowest BCUT2D eigenvalue weighted by Gasteiger charge is -2.31. The van der Waals surface area contributed by atoms with E-state index in [2.05, 4.69) is 10.3 Å². The van der Waals surface area contributed by atoms with Gasteiger partial charge in [-0.1, -0.05) is 0 Å². The van der Waals surface area contributed by atoms with Gasteiger partial charge in [0.15, 0.2) is 0 Å². The molecule has 3 rings (SSSR count). The molecule has 2 heterocycles. The highest BCUT2D eigenvalue weighted by atomic mass is 32.2. The fraction of sp³-hybridized carbons (Fsp3) is 0.350. The number of halogens is 1. The van der Waals surface area contributed by atoms with Crippen LogP contribution in [0.3, 0.4) is 0 Å². The molecule has 1 aromatic heterocycles. The Kier molecular flexibility index (Phi) is 6.45. The van der Waals surface area contributed by atoms with Gasteiger partial charge < -0.3 is 10.2 Å². The van der Waals surface area contributed by atoms with Crippen molar-refractivity contribution in [1.29, 1.82) is 0 Å². The molecule has 2 aromatic rings. The molecule has 1 aromatic carbocycles. The maximum atomic E-state index is 12.9. The van der Waals surface area contributed by atoms with Crippen molar-refractivity contribution < 1.29 is 14.0 Å². The lowest BCUT2D eigenvalue weighted by molar-refractivity contribution is -0.132. The first-order valence-corrected chi connectivity index (χ1v) is 9.89. The van der Waals surface area contributed by atoms with Gasteiger partial charge in [-0.25, -0.2) is 9.37 Å². The van der Waals surface area contributed by atoms with E-state index in [1.54, 1.807) is 23.2 Å². The Balaban J connectivity index is 1.44. The number of likely N-dealkylation sites (tertiary alicyclic amines) is 1. The smallest absolute Gasteiger partial charge is 0.232 e. The summed E-state index contributed by atoms with van der Waals surface area (Å²) in [5, 5.41) is 2.86. The van der Waals surface area contributed by atoms with Gasteiger partial charge in [-0.3, -0.25) is 9.59 Å². The number of aromatic nitrogens is 1. The number of nitrogens with zero attached hydrogens (tertiary/aromatic N) is 2. The number of pyridine rings is 1.